The van der Waals surface area contributed by atoms with E-state index in [1.54, 1.807) is 26.0 Å². The summed E-state index contributed by atoms with van der Waals surface area (Å²) in [6, 6.07) is 3.49. The molecule has 1 unspecified atom stereocenters. The normalized spacial score (nSPS) is 15.0. The molecular formula is C10H14O4. The molecule has 0 saturated carbocycles. The molecule has 14 heavy (non-hydrogen) atoms. The minimum atomic E-state index is -1.13. The Morgan fingerprint density at radius 3 is 2.86 bits per heavy atom. The number of hydrogen-bond acceptors (Lipinski definition) is 3. The van der Waals surface area contributed by atoms with Crippen molar-refractivity contribution in [2.24, 2.45) is 0 Å². The SMILES string of the molecule is CCC(C)(OCc1ccco1)C(=O)O. The number of ether oxygens (including phenoxy) is 1. The van der Waals surface area contributed by atoms with Gasteiger partial charge in [-0.1, -0.05) is 6.92 Å². The van der Waals surface area contributed by atoms with Crippen LogP contribution in [0.5, 0.6) is 0 Å². The number of rotatable bonds is 5. The maximum absolute atomic E-state index is 10.9. The molecule has 78 valence electrons. The highest BCUT2D eigenvalue weighted by Gasteiger charge is 2.32. The van der Waals surface area contributed by atoms with E-state index < -0.39 is 11.6 Å². The average molecular weight is 198 g/mol. The van der Waals surface area contributed by atoms with Crippen molar-refractivity contribution in [1.82, 2.24) is 0 Å². The zero-order valence-corrected chi connectivity index (χ0v) is 8.32. The molecule has 0 aliphatic carbocycles. The van der Waals surface area contributed by atoms with Gasteiger partial charge >= 0.3 is 5.97 Å². The van der Waals surface area contributed by atoms with Gasteiger partial charge in [-0.05, 0) is 25.5 Å². The van der Waals surface area contributed by atoms with Gasteiger partial charge in [0.2, 0.25) is 0 Å². The highest BCUT2D eigenvalue weighted by Crippen LogP contribution is 2.18. The van der Waals surface area contributed by atoms with Crippen LogP contribution in [0.15, 0.2) is 22.8 Å². The van der Waals surface area contributed by atoms with Crippen LogP contribution in [0.3, 0.4) is 0 Å². The highest BCUT2D eigenvalue weighted by atomic mass is 16.5. The third-order valence-corrected chi connectivity index (χ3v) is 2.24. The van der Waals surface area contributed by atoms with Crippen LogP contribution in [-0.2, 0) is 16.1 Å². The number of furan rings is 1. The molecule has 1 aromatic heterocycles. The first-order valence-corrected chi connectivity index (χ1v) is 4.48. The molecule has 1 rings (SSSR count). The first-order chi connectivity index (χ1) is 6.58. The summed E-state index contributed by atoms with van der Waals surface area (Å²) in [7, 11) is 0. The van der Waals surface area contributed by atoms with Crippen LogP contribution in [-0.4, -0.2) is 16.7 Å². The predicted octanol–water partition coefficient (Wildman–Crippen LogP) is 2.05. The molecule has 4 nitrogen and oxygen atoms in total. The van der Waals surface area contributed by atoms with E-state index in [4.69, 9.17) is 14.3 Å². The van der Waals surface area contributed by atoms with Crippen LogP contribution in [0.2, 0.25) is 0 Å². The Kier molecular flexibility index (Phi) is 3.30. The summed E-state index contributed by atoms with van der Waals surface area (Å²) in [6.07, 6.45) is 1.95. The van der Waals surface area contributed by atoms with Crippen molar-refractivity contribution in [3.8, 4) is 0 Å². The first kappa shape index (κ1) is 10.8. The lowest BCUT2D eigenvalue weighted by atomic mass is 10.0. The van der Waals surface area contributed by atoms with E-state index >= 15 is 0 Å². The van der Waals surface area contributed by atoms with Gasteiger partial charge in [0.05, 0.1) is 6.26 Å². The molecule has 0 aromatic carbocycles. The minimum absolute atomic E-state index is 0.184. The van der Waals surface area contributed by atoms with Crippen LogP contribution >= 0.6 is 0 Å². The molecule has 0 saturated heterocycles. The number of carbonyl (C=O) groups is 1. The van der Waals surface area contributed by atoms with Crippen LogP contribution in [0, 0.1) is 0 Å². The van der Waals surface area contributed by atoms with Crippen molar-refractivity contribution in [2.75, 3.05) is 0 Å². The smallest absolute Gasteiger partial charge is 0.335 e. The Morgan fingerprint density at radius 1 is 1.71 bits per heavy atom. The molecule has 0 fully saturated rings. The van der Waals surface area contributed by atoms with Gasteiger partial charge in [0.25, 0.3) is 0 Å². The summed E-state index contributed by atoms with van der Waals surface area (Å²) in [6.45, 7) is 3.51. The molecule has 4 heteroatoms. The summed E-state index contributed by atoms with van der Waals surface area (Å²) in [5.41, 5.74) is -1.13. The van der Waals surface area contributed by atoms with Gasteiger partial charge in [0.1, 0.15) is 12.4 Å². The molecule has 1 N–H and O–H groups in total. The molecule has 1 heterocycles. The zero-order valence-electron chi connectivity index (χ0n) is 8.32. The van der Waals surface area contributed by atoms with Crippen molar-refractivity contribution in [1.29, 1.82) is 0 Å². The Morgan fingerprint density at radius 2 is 2.43 bits per heavy atom. The third-order valence-electron chi connectivity index (χ3n) is 2.24. The third kappa shape index (κ3) is 2.35. The summed E-state index contributed by atoms with van der Waals surface area (Å²) in [5.74, 6) is -0.322. The van der Waals surface area contributed by atoms with Gasteiger partial charge in [-0.25, -0.2) is 4.79 Å². The summed E-state index contributed by atoms with van der Waals surface area (Å²) in [5, 5.41) is 8.91. The van der Waals surface area contributed by atoms with Gasteiger partial charge in [-0.3, -0.25) is 0 Å². The quantitative estimate of drug-likeness (QED) is 0.786. The fraction of sp³-hybridized carbons (Fsp3) is 0.500. The van der Waals surface area contributed by atoms with Gasteiger partial charge in [-0.2, -0.15) is 0 Å². The predicted molar refractivity (Wildman–Crippen MR) is 49.8 cm³/mol. The second-order valence-corrected chi connectivity index (χ2v) is 3.26. The van der Waals surface area contributed by atoms with Gasteiger partial charge in [0.15, 0.2) is 5.60 Å². The minimum Gasteiger partial charge on any atom is -0.479 e. The van der Waals surface area contributed by atoms with Crippen molar-refractivity contribution >= 4 is 5.97 Å². The lowest BCUT2D eigenvalue weighted by Crippen LogP contribution is -2.37. The van der Waals surface area contributed by atoms with Crippen LogP contribution in [0.1, 0.15) is 26.0 Å². The Labute approximate surface area is 82.5 Å². The molecule has 0 bridgehead atoms. The average Bonchev–Trinajstić information content (AvgIpc) is 2.66. The summed E-state index contributed by atoms with van der Waals surface area (Å²) < 4.78 is 10.3. The molecule has 1 aromatic rings. The van der Waals surface area contributed by atoms with Gasteiger partial charge in [0, 0.05) is 0 Å². The molecule has 0 aliphatic rings. The Hall–Kier alpha value is -1.29. The van der Waals surface area contributed by atoms with Crippen molar-refractivity contribution < 1.29 is 19.1 Å². The number of hydrogen-bond donors (Lipinski definition) is 1. The van der Waals surface area contributed by atoms with Crippen LogP contribution < -0.4 is 0 Å². The molecular weight excluding hydrogens is 184 g/mol. The maximum Gasteiger partial charge on any atom is 0.335 e. The first-order valence-electron chi connectivity index (χ1n) is 4.48. The van der Waals surface area contributed by atoms with Crippen molar-refractivity contribution in [3.05, 3.63) is 24.2 Å². The van der Waals surface area contributed by atoms with E-state index in [9.17, 15) is 4.79 Å². The number of carboxylic acid groups (broad SMARTS) is 1. The number of aliphatic carboxylic acids is 1. The van der Waals surface area contributed by atoms with E-state index in [0.717, 1.165) is 0 Å². The topological polar surface area (TPSA) is 59.7 Å². The molecule has 1 atom stereocenters. The second kappa shape index (κ2) is 4.28. The van der Waals surface area contributed by atoms with Crippen LogP contribution in [0.4, 0.5) is 0 Å². The van der Waals surface area contributed by atoms with E-state index in [1.807, 2.05) is 0 Å². The monoisotopic (exact) mass is 198 g/mol. The molecule has 0 aliphatic heterocycles. The Bertz CT molecular complexity index is 291. The van der Waals surface area contributed by atoms with Crippen molar-refractivity contribution in [3.63, 3.8) is 0 Å². The number of carboxylic acids is 1. The zero-order chi connectivity index (χ0) is 10.6. The van der Waals surface area contributed by atoms with Gasteiger partial charge in [-0.15, -0.1) is 0 Å². The fourth-order valence-electron chi connectivity index (χ4n) is 0.940. The fourth-order valence-corrected chi connectivity index (χ4v) is 0.940. The van der Waals surface area contributed by atoms with E-state index in [-0.39, 0.29) is 6.61 Å². The molecule has 0 spiro atoms. The van der Waals surface area contributed by atoms with Crippen LogP contribution in [0.25, 0.3) is 0 Å². The standard InChI is InChI=1S/C10H14O4/c1-3-10(2,9(11)12)14-7-8-5-4-6-13-8/h4-6H,3,7H2,1-2H3,(H,11,12). The van der Waals surface area contributed by atoms with Crippen molar-refractivity contribution in [2.45, 2.75) is 32.5 Å². The van der Waals surface area contributed by atoms with E-state index in [1.165, 1.54) is 6.26 Å². The van der Waals surface area contributed by atoms with E-state index in [2.05, 4.69) is 0 Å². The lowest BCUT2D eigenvalue weighted by Gasteiger charge is -2.22. The van der Waals surface area contributed by atoms with Gasteiger partial charge < -0.3 is 14.3 Å². The molecule has 0 radical (unpaired) electrons. The highest BCUT2D eigenvalue weighted by molar-refractivity contribution is 5.76. The second-order valence-electron chi connectivity index (χ2n) is 3.26. The summed E-state index contributed by atoms with van der Waals surface area (Å²) >= 11 is 0. The molecule has 0 amide bonds. The largest absolute Gasteiger partial charge is 0.479 e. The lowest BCUT2D eigenvalue weighted by molar-refractivity contribution is -0.166. The Balaban J connectivity index is 2.54. The van der Waals surface area contributed by atoms with E-state index in [0.29, 0.717) is 12.2 Å². The maximum atomic E-state index is 10.9. The summed E-state index contributed by atoms with van der Waals surface area (Å²) in [4.78, 5) is 10.9.